The molecule has 0 saturated heterocycles. The van der Waals surface area contributed by atoms with E-state index >= 15 is 0 Å². The number of aliphatic hydroxyl groups is 1. The second-order valence-corrected chi connectivity index (χ2v) is 4.95. The predicted octanol–water partition coefficient (Wildman–Crippen LogP) is 1.63. The Morgan fingerprint density at radius 1 is 1.60 bits per heavy atom. The van der Waals surface area contributed by atoms with Gasteiger partial charge in [0, 0.05) is 18.7 Å². The maximum Gasteiger partial charge on any atom is 0.288 e. The summed E-state index contributed by atoms with van der Waals surface area (Å²) in [5.41, 5.74) is -0.281. The van der Waals surface area contributed by atoms with Gasteiger partial charge in [-0.25, -0.2) is 4.98 Å². The van der Waals surface area contributed by atoms with Gasteiger partial charge in [0.2, 0.25) is 0 Å². The second-order valence-electron chi connectivity index (χ2n) is 4.60. The van der Waals surface area contributed by atoms with Crippen molar-refractivity contribution in [1.82, 2.24) is 9.88 Å². The van der Waals surface area contributed by atoms with Crippen molar-refractivity contribution in [3.8, 4) is 0 Å². The van der Waals surface area contributed by atoms with Crippen molar-refractivity contribution in [2.45, 2.75) is 25.3 Å². The molecule has 1 N–H and O–H groups in total. The SMILES string of the molecule is O=C(c1cc([N+](=O)[O-])cnc1Cl)N(CCO)C1CCC1. The summed E-state index contributed by atoms with van der Waals surface area (Å²) in [7, 11) is 0. The molecule has 1 aliphatic rings. The number of carbonyl (C=O) groups excluding carboxylic acids is 1. The molecular formula is C12H14ClN3O4. The lowest BCUT2D eigenvalue weighted by atomic mass is 9.91. The molecule has 108 valence electrons. The first-order chi connectivity index (χ1) is 9.54. The van der Waals surface area contributed by atoms with Crippen molar-refractivity contribution >= 4 is 23.2 Å². The van der Waals surface area contributed by atoms with E-state index in [1.807, 2.05) is 0 Å². The van der Waals surface area contributed by atoms with Crippen molar-refractivity contribution < 1.29 is 14.8 Å². The minimum absolute atomic E-state index is 0.00113. The Bertz CT molecular complexity index is 533. The van der Waals surface area contributed by atoms with Gasteiger partial charge < -0.3 is 10.0 Å². The van der Waals surface area contributed by atoms with Gasteiger partial charge in [0.05, 0.1) is 17.1 Å². The third-order valence-corrected chi connectivity index (χ3v) is 3.68. The van der Waals surface area contributed by atoms with Crippen LogP contribution in [0, 0.1) is 10.1 Å². The Kier molecular flexibility index (Phi) is 4.51. The summed E-state index contributed by atoms with van der Waals surface area (Å²) in [4.78, 5) is 27.7. The Labute approximate surface area is 120 Å². The van der Waals surface area contributed by atoms with Crippen LogP contribution in [0.15, 0.2) is 12.3 Å². The van der Waals surface area contributed by atoms with Gasteiger partial charge >= 0.3 is 0 Å². The van der Waals surface area contributed by atoms with Gasteiger partial charge in [0.25, 0.3) is 11.6 Å². The molecule has 0 atom stereocenters. The number of hydrogen-bond donors (Lipinski definition) is 1. The number of amides is 1. The molecule has 0 aromatic carbocycles. The van der Waals surface area contributed by atoms with Crippen LogP contribution in [-0.4, -0.2) is 45.0 Å². The Hall–Kier alpha value is -1.73. The summed E-state index contributed by atoms with van der Waals surface area (Å²) in [6, 6.07) is 1.19. The maximum atomic E-state index is 12.4. The quantitative estimate of drug-likeness (QED) is 0.506. The lowest BCUT2D eigenvalue weighted by Gasteiger charge is -2.37. The van der Waals surface area contributed by atoms with Gasteiger partial charge in [0.15, 0.2) is 0 Å². The highest BCUT2D eigenvalue weighted by Gasteiger charge is 2.31. The van der Waals surface area contributed by atoms with E-state index in [0.29, 0.717) is 0 Å². The third kappa shape index (κ3) is 2.88. The van der Waals surface area contributed by atoms with Crippen LogP contribution >= 0.6 is 11.6 Å². The zero-order chi connectivity index (χ0) is 14.7. The Morgan fingerprint density at radius 3 is 2.80 bits per heavy atom. The lowest BCUT2D eigenvalue weighted by molar-refractivity contribution is -0.385. The van der Waals surface area contributed by atoms with Gasteiger partial charge in [-0.1, -0.05) is 11.6 Å². The molecule has 1 fully saturated rings. The summed E-state index contributed by atoms with van der Waals surface area (Å²) >= 11 is 5.86. The van der Waals surface area contributed by atoms with Gasteiger partial charge in [-0.15, -0.1) is 0 Å². The maximum absolute atomic E-state index is 12.4. The molecule has 8 heteroatoms. The zero-order valence-electron chi connectivity index (χ0n) is 10.7. The Balaban J connectivity index is 2.30. The van der Waals surface area contributed by atoms with Crippen LogP contribution in [0.1, 0.15) is 29.6 Å². The van der Waals surface area contributed by atoms with Gasteiger partial charge in [-0.3, -0.25) is 14.9 Å². The molecule has 0 spiro atoms. The molecule has 2 rings (SSSR count). The van der Waals surface area contributed by atoms with E-state index in [0.717, 1.165) is 31.5 Å². The first kappa shape index (κ1) is 14.7. The average molecular weight is 300 g/mol. The van der Waals surface area contributed by atoms with Crippen molar-refractivity contribution in [2.75, 3.05) is 13.2 Å². The summed E-state index contributed by atoms with van der Waals surface area (Å²) < 4.78 is 0. The molecular weight excluding hydrogens is 286 g/mol. The highest BCUT2D eigenvalue weighted by atomic mass is 35.5. The molecule has 0 aliphatic heterocycles. The van der Waals surface area contributed by atoms with Crippen molar-refractivity contribution in [3.63, 3.8) is 0 Å². The molecule has 1 heterocycles. The highest BCUT2D eigenvalue weighted by Crippen LogP contribution is 2.28. The first-order valence-electron chi connectivity index (χ1n) is 6.26. The molecule has 1 aromatic rings. The molecule has 1 aliphatic carbocycles. The van der Waals surface area contributed by atoms with Crippen molar-refractivity contribution in [3.05, 3.63) is 33.1 Å². The number of carbonyl (C=O) groups is 1. The van der Waals surface area contributed by atoms with Gasteiger partial charge in [-0.05, 0) is 19.3 Å². The number of hydrogen-bond acceptors (Lipinski definition) is 5. The van der Waals surface area contributed by atoms with Crippen molar-refractivity contribution in [2.24, 2.45) is 0 Å². The molecule has 20 heavy (non-hydrogen) atoms. The number of aliphatic hydroxyl groups excluding tert-OH is 1. The van der Waals surface area contributed by atoms with E-state index in [4.69, 9.17) is 16.7 Å². The fraction of sp³-hybridized carbons (Fsp3) is 0.500. The van der Waals surface area contributed by atoms with Crippen LogP contribution < -0.4 is 0 Å². The van der Waals surface area contributed by atoms with Crippen LogP contribution in [0.5, 0.6) is 0 Å². The average Bonchev–Trinajstić information content (AvgIpc) is 2.35. The monoisotopic (exact) mass is 299 g/mol. The van der Waals surface area contributed by atoms with Crippen LogP contribution in [0.2, 0.25) is 5.15 Å². The van der Waals surface area contributed by atoms with Gasteiger partial charge in [0.1, 0.15) is 11.3 Å². The largest absolute Gasteiger partial charge is 0.395 e. The van der Waals surface area contributed by atoms with Crippen LogP contribution in [-0.2, 0) is 0 Å². The van der Waals surface area contributed by atoms with E-state index in [9.17, 15) is 14.9 Å². The predicted molar refractivity (Wildman–Crippen MR) is 71.7 cm³/mol. The van der Waals surface area contributed by atoms with Crippen LogP contribution in [0.4, 0.5) is 5.69 Å². The van der Waals surface area contributed by atoms with Crippen LogP contribution in [0.25, 0.3) is 0 Å². The molecule has 0 bridgehead atoms. The Morgan fingerprint density at radius 2 is 2.30 bits per heavy atom. The molecule has 1 saturated carbocycles. The standard InChI is InChI=1S/C12H14ClN3O4/c13-11-10(6-9(7-14-11)16(19)20)12(18)15(4-5-17)8-2-1-3-8/h6-8,17H,1-5H2. The fourth-order valence-electron chi connectivity index (χ4n) is 2.10. The first-order valence-corrected chi connectivity index (χ1v) is 6.64. The topological polar surface area (TPSA) is 96.6 Å². The van der Waals surface area contributed by atoms with Crippen LogP contribution in [0.3, 0.4) is 0 Å². The molecule has 1 aromatic heterocycles. The normalized spacial score (nSPS) is 14.7. The lowest BCUT2D eigenvalue weighted by Crippen LogP contribution is -2.45. The molecule has 1 amide bonds. The number of pyridine rings is 1. The smallest absolute Gasteiger partial charge is 0.288 e. The van der Waals surface area contributed by atoms with E-state index in [2.05, 4.69) is 4.98 Å². The third-order valence-electron chi connectivity index (χ3n) is 3.38. The van der Waals surface area contributed by atoms with Gasteiger partial charge in [-0.2, -0.15) is 0 Å². The second kappa shape index (κ2) is 6.15. The van der Waals surface area contributed by atoms with Crippen molar-refractivity contribution in [1.29, 1.82) is 0 Å². The number of nitrogens with zero attached hydrogens (tertiary/aromatic N) is 3. The molecule has 0 radical (unpaired) electrons. The van der Waals surface area contributed by atoms with E-state index in [1.54, 1.807) is 0 Å². The van der Waals surface area contributed by atoms with E-state index < -0.39 is 10.8 Å². The summed E-state index contributed by atoms with van der Waals surface area (Å²) in [6.07, 6.45) is 3.77. The molecule has 7 nitrogen and oxygen atoms in total. The minimum atomic E-state index is -0.625. The fourth-order valence-corrected chi connectivity index (χ4v) is 2.28. The highest BCUT2D eigenvalue weighted by molar-refractivity contribution is 6.32. The summed E-state index contributed by atoms with van der Waals surface area (Å²) in [5, 5.41) is 19.7. The minimum Gasteiger partial charge on any atom is -0.395 e. The number of nitro groups is 1. The number of rotatable bonds is 5. The zero-order valence-corrected chi connectivity index (χ0v) is 11.4. The van der Waals surface area contributed by atoms with E-state index in [1.165, 1.54) is 4.90 Å². The summed E-state index contributed by atoms with van der Waals surface area (Å²) in [5.74, 6) is -0.426. The summed E-state index contributed by atoms with van der Waals surface area (Å²) in [6.45, 7) is 0.0186. The number of halogens is 1. The van der Waals surface area contributed by atoms with E-state index in [-0.39, 0.29) is 35.6 Å². The number of aromatic nitrogens is 1. The molecule has 0 unspecified atom stereocenters.